The average Bonchev–Trinajstić information content (AvgIpc) is 2.42. The number of phenols is 1. The molecule has 1 aliphatic rings. The van der Waals surface area contributed by atoms with Crippen molar-refractivity contribution in [1.29, 1.82) is 0 Å². The first-order valence-electron chi connectivity index (χ1n) is 7.42. The van der Waals surface area contributed by atoms with Crippen LogP contribution in [0.15, 0.2) is 12.1 Å². The van der Waals surface area contributed by atoms with E-state index in [0.717, 1.165) is 6.42 Å². The Labute approximate surface area is 121 Å². The molecule has 0 saturated heterocycles. The number of aromatic hydroxyl groups is 1. The smallest absolute Gasteiger partial charge is 0.200 e. The molecular weight excluding hydrogens is 252 g/mol. The number of rotatable bonds is 4. The van der Waals surface area contributed by atoms with Crippen LogP contribution in [-0.4, -0.2) is 19.3 Å². The molecule has 1 fully saturated rings. The maximum atomic E-state index is 9.97. The summed E-state index contributed by atoms with van der Waals surface area (Å²) >= 11 is 0. The number of methoxy groups -OCH3 is 2. The van der Waals surface area contributed by atoms with Gasteiger partial charge in [0.1, 0.15) is 0 Å². The Hall–Kier alpha value is -1.38. The molecular formula is C17H26O3. The molecule has 1 aromatic carbocycles. The van der Waals surface area contributed by atoms with Gasteiger partial charge in [-0.05, 0) is 48.3 Å². The second-order valence-electron chi connectivity index (χ2n) is 6.48. The zero-order valence-electron chi connectivity index (χ0n) is 13.0. The molecule has 1 aliphatic carbocycles. The van der Waals surface area contributed by atoms with Crippen molar-refractivity contribution in [2.45, 2.75) is 46.0 Å². The van der Waals surface area contributed by atoms with Crippen molar-refractivity contribution < 1.29 is 14.6 Å². The molecule has 1 unspecified atom stereocenters. The van der Waals surface area contributed by atoms with E-state index >= 15 is 0 Å². The van der Waals surface area contributed by atoms with E-state index in [1.807, 2.05) is 12.1 Å². The van der Waals surface area contributed by atoms with E-state index in [4.69, 9.17) is 9.47 Å². The van der Waals surface area contributed by atoms with Gasteiger partial charge in [-0.3, -0.25) is 0 Å². The molecule has 0 radical (unpaired) electrons. The highest BCUT2D eigenvalue weighted by Crippen LogP contribution is 2.44. The van der Waals surface area contributed by atoms with E-state index < -0.39 is 0 Å². The fourth-order valence-corrected chi connectivity index (χ4v) is 3.29. The van der Waals surface area contributed by atoms with Gasteiger partial charge in [0.05, 0.1) is 14.2 Å². The van der Waals surface area contributed by atoms with Gasteiger partial charge in [-0.25, -0.2) is 0 Å². The SMILES string of the molecule is COc1cc(CC2CCCCC2(C)C)cc(OC)c1O. The van der Waals surface area contributed by atoms with Gasteiger partial charge in [0, 0.05) is 0 Å². The first-order valence-corrected chi connectivity index (χ1v) is 7.42. The Balaban J connectivity index is 2.24. The maximum Gasteiger partial charge on any atom is 0.200 e. The summed E-state index contributed by atoms with van der Waals surface area (Å²) in [5, 5.41) is 9.97. The topological polar surface area (TPSA) is 38.7 Å². The van der Waals surface area contributed by atoms with Gasteiger partial charge >= 0.3 is 0 Å². The van der Waals surface area contributed by atoms with Crippen molar-refractivity contribution >= 4 is 0 Å². The highest BCUT2D eigenvalue weighted by atomic mass is 16.5. The van der Waals surface area contributed by atoms with E-state index in [-0.39, 0.29) is 5.75 Å². The molecule has 2 rings (SSSR count). The first-order chi connectivity index (χ1) is 9.47. The predicted octanol–water partition coefficient (Wildman–Crippen LogP) is 4.17. The summed E-state index contributed by atoms with van der Waals surface area (Å²) in [6.45, 7) is 4.73. The summed E-state index contributed by atoms with van der Waals surface area (Å²) in [5.41, 5.74) is 1.56. The lowest BCUT2D eigenvalue weighted by Gasteiger charge is -2.39. The van der Waals surface area contributed by atoms with Crippen LogP contribution in [0.25, 0.3) is 0 Å². The normalized spacial score (nSPS) is 21.5. The molecule has 0 spiro atoms. The maximum absolute atomic E-state index is 9.97. The van der Waals surface area contributed by atoms with Gasteiger partial charge in [-0.2, -0.15) is 0 Å². The third-order valence-corrected chi connectivity index (χ3v) is 4.75. The molecule has 3 nitrogen and oxygen atoms in total. The van der Waals surface area contributed by atoms with Crippen molar-refractivity contribution in [3.8, 4) is 17.2 Å². The van der Waals surface area contributed by atoms with Crippen LogP contribution in [0.1, 0.15) is 45.1 Å². The second-order valence-corrected chi connectivity index (χ2v) is 6.48. The van der Waals surface area contributed by atoms with Crippen LogP contribution in [0, 0.1) is 11.3 Å². The lowest BCUT2D eigenvalue weighted by Crippen LogP contribution is -2.29. The summed E-state index contributed by atoms with van der Waals surface area (Å²) in [7, 11) is 3.14. The number of ether oxygens (including phenoxy) is 2. The van der Waals surface area contributed by atoms with E-state index in [2.05, 4.69) is 13.8 Å². The van der Waals surface area contributed by atoms with E-state index in [1.54, 1.807) is 14.2 Å². The summed E-state index contributed by atoms with van der Waals surface area (Å²) in [4.78, 5) is 0. The van der Waals surface area contributed by atoms with Crippen LogP contribution in [-0.2, 0) is 6.42 Å². The summed E-state index contributed by atoms with van der Waals surface area (Å²) in [6, 6.07) is 3.87. The highest BCUT2D eigenvalue weighted by molar-refractivity contribution is 5.52. The van der Waals surface area contributed by atoms with Gasteiger partial charge in [-0.1, -0.05) is 26.7 Å². The zero-order valence-corrected chi connectivity index (χ0v) is 13.0. The standard InChI is InChI=1S/C17H26O3/c1-17(2)8-6-5-7-13(17)9-12-10-14(19-3)16(18)15(11-12)20-4/h10-11,13,18H,5-9H2,1-4H3. The van der Waals surface area contributed by atoms with Crippen molar-refractivity contribution in [3.05, 3.63) is 17.7 Å². The molecule has 0 heterocycles. The minimum Gasteiger partial charge on any atom is -0.502 e. The van der Waals surface area contributed by atoms with Gasteiger partial charge in [-0.15, -0.1) is 0 Å². The van der Waals surface area contributed by atoms with Crippen LogP contribution >= 0.6 is 0 Å². The first kappa shape index (κ1) is 15.0. The lowest BCUT2D eigenvalue weighted by atomic mass is 9.67. The van der Waals surface area contributed by atoms with Gasteiger partial charge in [0.15, 0.2) is 11.5 Å². The Kier molecular flexibility index (Phi) is 4.46. The van der Waals surface area contributed by atoms with Crippen molar-refractivity contribution in [2.75, 3.05) is 14.2 Å². The molecule has 0 aromatic heterocycles. The molecule has 20 heavy (non-hydrogen) atoms. The van der Waals surface area contributed by atoms with Crippen LogP contribution in [0.2, 0.25) is 0 Å². The highest BCUT2D eigenvalue weighted by Gasteiger charge is 2.32. The second kappa shape index (κ2) is 5.94. The molecule has 3 heteroatoms. The Morgan fingerprint density at radius 1 is 1.15 bits per heavy atom. The Bertz CT molecular complexity index is 440. The molecule has 0 aliphatic heterocycles. The quantitative estimate of drug-likeness (QED) is 0.898. The Morgan fingerprint density at radius 3 is 2.25 bits per heavy atom. The molecule has 1 saturated carbocycles. The summed E-state index contributed by atoms with van der Waals surface area (Å²) in [6.07, 6.45) is 6.24. The molecule has 0 amide bonds. The molecule has 112 valence electrons. The van der Waals surface area contributed by atoms with Crippen LogP contribution < -0.4 is 9.47 Å². The Morgan fingerprint density at radius 2 is 1.75 bits per heavy atom. The molecule has 1 N–H and O–H groups in total. The van der Waals surface area contributed by atoms with Crippen LogP contribution in [0.5, 0.6) is 17.2 Å². The van der Waals surface area contributed by atoms with E-state index in [9.17, 15) is 5.11 Å². The van der Waals surface area contributed by atoms with Crippen LogP contribution in [0.4, 0.5) is 0 Å². The largest absolute Gasteiger partial charge is 0.502 e. The molecule has 0 bridgehead atoms. The molecule has 1 atom stereocenters. The third-order valence-electron chi connectivity index (χ3n) is 4.75. The zero-order chi connectivity index (χ0) is 14.8. The monoisotopic (exact) mass is 278 g/mol. The summed E-state index contributed by atoms with van der Waals surface area (Å²) < 4.78 is 10.5. The van der Waals surface area contributed by atoms with Gasteiger partial charge in [0.2, 0.25) is 5.75 Å². The minimum atomic E-state index is 0.0849. The van der Waals surface area contributed by atoms with Crippen molar-refractivity contribution in [3.63, 3.8) is 0 Å². The van der Waals surface area contributed by atoms with Crippen LogP contribution in [0.3, 0.4) is 0 Å². The van der Waals surface area contributed by atoms with Crippen molar-refractivity contribution in [2.24, 2.45) is 11.3 Å². The average molecular weight is 278 g/mol. The number of hydrogen-bond donors (Lipinski definition) is 1. The van der Waals surface area contributed by atoms with E-state index in [1.165, 1.54) is 31.2 Å². The predicted molar refractivity (Wildman–Crippen MR) is 80.7 cm³/mol. The van der Waals surface area contributed by atoms with Gasteiger partial charge < -0.3 is 14.6 Å². The van der Waals surface area contributed by atoms with Gasteiger partial charge in [0.25, 0.3) is 0 Å². The van der Waals surface area contributed by atoms with Crippen molar-refractivity contribution in [1.82, 2.24) is 0 Å². The summed E-state index contributed by atoms with van der Waals surface area (Å²) in [5.74, 6) is 1.75. The number of benzene rings is 1. The fourth-order valence-electron chi connectivity index (χ4n) is 3.29. The minimum absolute atomic E-state index is 0.0849. The lowest BCUT2D eigenvalue weighted by molar-refractivity contribution is 0.137. The number of hydrogen-bond acceptors (Lipinski definition) is 3. The fraction of sp³-hybridized carbons (Fsp3) is 0.647. The number of phenolic OH excluding ortho intramolecular Hbond substituents is 1. The molecule has 1 aromatic rings. The third kappa shape index (κ3) is 3.02. The van der Waals surface area contributed by atoms with E-state index in [0.29, 0.717) is 22.8 Å².